The molecule has 1 aromatic heterocycles. The first-order valence-corrected chi connectivity index (χ1v) is 9.87. The Labute approximate surface area is 168 Å². The van der Waals surface area contributed by atoms with E-state index >= 15 is 0 Å². The van der Waals surface area contributed by atoms with Crippen LogP contribution in [0.3, 0.4) is 0 Å². The highest BCUT2D eigenvalue weighted by Gasteiger charge is 2.19. The van der Waals surface area contributed by atoms with Crippen LogP contribution in [-0.2, 0) is 6.42 Å². The van der Waals surface area contributed by atoms with E-state index in [0.717, 1.165) is 34.6 Å². The third-order valence-electron chi connectivity index (χ3n) is 5.25. The second-order valence-electron chi connectivity index (χ2n) is 7.74. The SMILES string of the molecule is Cc1cc(C)c(Oc2nc(C)cc(C(CN)Cc3ccccc3)c2C)c(C)c1. The summed E-state index contributed by atoms with van der Waals surface area (Å²) in [6.45, 7) is 11.0. The number of ether oxygens (including phenoxy) is 1. The fourth-order valence-electron chi connectivity index (χ4n) is 3.90. The monoisotopic (exact) mass is 374 g/mol. The van der Waals surface area contributed by atoms with Crippen LogP contribution in [0.5, 0.6) is 11.6 Å². The van der Waals surface area contributed by atoms with Crippen molar-refractivity contribution in [2.45, 2.75) is 47.0 Å². The molecule has 0 aliphatic heterocycles. The summed E-state index contributed by atoms with van der Waals surface area (Å²) in [7, 11) is 0. The molecule has 1 atom stereocenters. The molecule has 2 N–H and O–H groups in total. The highest BCUT2D eigenvalue weighted by Crippen LogP contribution is 2.34. The predicted octanol–water partition coefficient (Wildman–Crippen LogP) is 5.70. The number of nitrogens with zero attached hydrogens (tertiary/aromatic N) is 1. The van der Waals surface area contributed by atoms with E-state index < -0.39 is 0 Å². The lowest BCUT2D eigenvalue weighted by Gasteiger charge is -2.21. The van der Waals surface area contributed by atoms with Crippen LogP contribution in [-0.4, -0.2) is 11.5 Å². The summed E-state index contributed by atoms with van der Waals surface area (Å²) >= 11 is 0. The third-order valence-corrected chi connectivity index (χ3v) is 5.25. The molecular weight excluding hydrogens is 344 g/mol. The Hall–Kier alpha value is -2.65. The van der Waals surface area contributed by atoms with Crippen molar-refractivity contribution in [2.24, 2.45) is 5.73 Å². The zero-order valence-corrected chi connectivity index (χ0v) is 17.5. The summed E-state index contributed by atoms with van der Waals surface area (Å²) in [6.07, 6.45) is 0.906. The lowest BCUT2D eigenvalue weighted by molar-refractivity contribution is 0.448. The molecule has 0 aliphatic carbocycles. The van der Waals surface area contributed by atoms with Crippen molar-refractivity contribution in [3.63, 3.8) is 0 Å². The van der Waals surface area contributed by atoms with Crippen LogP contribution in [0.25, 0.3) is 0 Å². The van der Waals surface area contributed by atoms with Crippen LogP contribution in [0.1, 0.15) is 45.0 Å². The number of pyridine rings is 1. The Morgan fingerprint density at radius 3 is 2.18 bits per heavy atom. The minimum absolute atomic E-state index is 0.228. The minimum atomic E-state index is 0.228. The van der Waals surface area contributed by atoms with Gasteiger partial charge in [-0.05, 0) is 75.9 Å². The minimum Gasteiger partial charge on any atom is -0.438 e. The zero-order valence-electron chi connectivity index (χ0n) is 17.5. The predicted molar refractivity (Wildman–Crippen MR) is 116 cm³/mol. The lowest BCUT2D eigenvalue weighted by atomic mass is 9.89. The van der Waals surface area contributed by atoms with Gasteiger partial charge in [-0.2, -0.15) is 0 Å². The van der Waals surface area contributed by atoms with Gasteiger partial charge in [0.15, 0.2) is 0 Å². The van der Waals surface area contributed by atoms with E-state index in [0.29, 0.717) is 12.4 Å². The third kappa shape index (κ3) is 4.42. The van der Waals surface area contributed by atoms with Crippen molar-refractivity contribution in [1.29, 1.82) is 0 Å². The molecule has 3 heteroatoms. The first-order chi connectivity index (χ1) is 13.4. The quantitative estimate of drug-likeness (QED) is 0.602. The summed E-state index contributed by atoms with van der Waals surface area (Å²) in [5.74, 6) is 1.80. The van der Waals surface area contributed by atoms with Gasteiger partial charge in [-0.15, -0.1) is 0 Å². The molecule has 3 rings (SSSR count). The smallest absolute Gasteiger partial charge is 0.222 e. The number of hydrogen-bond acceptors (Lipinski definition) is 3. The summed E-state index contributed by atoms with van der Waals surface area (Å²) in [5, 5.41) is 0. The summed E-state index contributed by atoms with van der Waals surface area (Å²) < 4.78 is 6.34. The van der Waals surface area contributed by atoms with Crippen molar-refractivity contribution in [3.8, 4) is 11.6 Å². The molecule has 28 heavy (non-hydrogen) atoms. The Balaban J connectivity index is 1.98. The van der Waals surface area contributed by atoms with Gasteiger partial charge in [0, 0.05) is 17.2 Å². The van der Waals surface area contributed by atoms with Gasteiger partial charge in [0.2, 0.25) is 5.88 Å². The average molecular weight is 375 g/mol. The number of benzene rings is 2. The van der Waals surface area contributed by atoms with Crippen molar-refractivity contribution in [2.75, 3.05) is 6.54 Å². The number of hydrogen-bond donors (Lipinski definition) is 1. The fraction of sp³-hybridized carbons (Fsp3) is 0.320. The topological polar surface area (TPSA) is 48.1 Å². The van der Waals surface area contributed by atoms with Gasteiger partial charge in [0.05, 0.1) is 0 Å². The molecule has 0 saturated carbocycles. The maximum atomic E-state index is 6.34. The highest BCUT2D eigenvalue weighted by molar-refractivity contribution is 5.47. The molecule has 0 radical (unpaired) electrons. The molecule has 2 aromatic carbocycles. The summed E-state index contributed by atoms with van der Waals surface area (Å²) in [5.41, 5.74) is 14.2. The molecule has 0 spiro atoms. The number of nitrogens with two attached hydrogens (primary N) is 1. The molecule has 0 fully saturated rings. The van der Waals surface area contributed by atoms with Crippen molar-refractivity contribution in [1.82, 2.24) is 4.98 Å². The average Bonchev–Trinajstić information content (AvgIpc) is 2.66. The summed E-state index contributed by atoms with van der Waals surface area (Å²) in [6, 6.07) is 16.9. The second kappa shape index (κ2) is 8.57. The molecule has 0 amide bonds. The van der Waals surface area contributed by atoms with Gasteiger partial charge in [-0.25, -0.2) is 4.98 Å². The highest BCUT2D eigenvalue weighted by atomic mass is 16.5. The van der Waals surface area contributed by atoms with E-state index in [2.05, 4.69) is 70.2 Å². The van der Waals surface area contributed by atoms with Crippen LogP contribution >= 0.6 is 0 Å². The van der Waals surface area contributed by atoms with Gasteiger partial charge in [-0.3, -0.25) is 0 Å². The van der Waals surface area contributed by atoms with E-state index in [9.17, 15) is 0 Å². The summed E-state index contributed by atoms with van der Waals surface area (Å²) in [4.78, 5) is 4.69. The number of aromatic nitrogens is 1. The molecule has 3 aromatic rings. The van der Waals surface area contributed by atoms with E-state index in [1.54, 1.807) is 0 Å². The van der Waals surface area contributed by atoms with Crippen molar-refractivity contribution >= 4 is 0 Å². The molecule has 146 valence electrons. The Kier molecular flexibility index (Phi) is 6.15. The molecule has 1 heterocycles. The van der Waals surface area contributed by atoms with Crippen LogP contribution in [0.15, 0.2) is 48.5 Å². The number of aryl methyl sites for hydroxylation is 4. The molecule has 1 unspecified atom stereocenters. The maximum absolute atomic E-state index is 6.34. The first-order valence-electron chi connectivity index (χ1n) is 9.87. The van der Waals surface area contributed by atoms with Gasteiger partial charge in [0.1, 0.15) is 5.75 Å². The van der Waals surface area contributed by atoms with Crippen LogP contribution in [0.2, 0.25) is 0 Å². The normalized spacial score (nSPS) is 12.1. The molecule has 3 nitrogen and oxygen atoms in total. The Morgan fingerprint density at radius 2 is 1.57 bits per heavy atom. The Bertz CT molecular complexity index is 941. The second-order valence-corrected chi connectivity index (χ2v) is 7.74. The lowest BCUT2D eigenvalue weighted by Crippen LogP contribution is -2.17. The van der Waals surface area contributed by atoms with Gasteiger partial charge in [-0.1, -0.05) is 48.0 Å². The molecular formula is C25H30N2O. The van der Waals surface area contributed by atoms with Crippen LogP contribution in [0.4, 0.5) is 0 Å². The maximum Gasteiger partial charge on any atom is 0.222 e. The molecule has 0 aliphatic rings. The van der Waals surface area contributed by atoms with Gasteiger partial charge in [0.25, 0.3) is 0 Å². The van der Waals surface area contributed by atoms with E-state index in [1.807, 2.05) is 13.0 Å². The molecule has 0 bridgehead atoms. The van der Waals surface area contributed by atoms with Crippen LogP contribution < -0.4 is 10.5 Å². The van der Waals surface area contributed by atoms with Gasteiger partial charge < -0.3 is 10.5 Å². The van der Waals surface area contributed by atoms with Crippen LogP contribution in [0, 0.1) is 34.6 Å². The number of rotatable bonds is 6. The first kappa shape index (κ1) is 20.1. The van der Waals surface area contributed by atoms with E-state index in [1.165, 1.54) is 16.7 Å². The largest absolute Gasteiger partial charge is 0.438 e. The Morgan fingerprint density at radius 1 is 0.929 bits per heavy atom. The van der Waals surface area contributed by atoms with Crippen molar-refractivity contribution in [3.05, 3.63) is 87.6 Å². The standard InChI is InChI=1S/C25H30N2O/c1-16-11-17(2)24(18(3)12-16)28-25-20(5)23(13-19(4)27-25)22(15-26)14-21-9-7-6-8-10-21/h6-13,22H,14-15,26H2,1-5H3. The van der Waals surface area contributed by atoms with Gasteiger partial charge >= 0.3 is 0 Å². The fourth-order valence-corrected chi connectivity index (χ4v) is 3.90. The van der Waals surface area contributed by atoms with E-state index in [4.69, 9.17) is 15.5 Å². The molecule has 0 saturated heterocycles. The zero-order chi connectivity index (χ0) is 20.3. The van der Waals surface area contributed by atoms with E-state index in [-0.39, 0.29) is 5.92 Å². The van der Waals surface area contributed by atoms with Crippen molar-refractivity contribution < 1.29 is 4.74 Å².